The third-order valence-corrected chi connectivity index (χ3v) is 6.29. The number of fused-ring (bicyclic) bond motifs is 2. The van der Waals surface area contributed by atoms with Gasteiger partial charge in [-0.25, -0.2) is 4.98 Å². The van der Waals surface area contributed by atoms with Gasteiger partial charge in [-0.2, -0.15) is 13.2 Å². The molecule has 2 heterocycles. The molecule has 1 aliphatic carbocycles. The number of benzene rings is 2. The van der Waals surface area contributed by atoms with Crippen LogP contribution in [0.25, 0.3) is 0 Å². The Morgan fingerprint density at radius 2 is 1.91 bits per heavy atom. The number of nitrogens with one attached hydrogen (secondary N) is 2. The van der Waals surface area contributed by atoms with Crippen molar-refractivity contribution in [1.29, 1.82) is 0 Å². The molecule has 3 aromatic rings. The van der Waals surface area contributed by atoms with Gasteiger partial charge in [0.05, 0.1) is 5.56 Å². The van der Waals surface area contributed by atoms with Crippen LogP contribution in [-0.2, 0) is 30.2 Å². The standard InChI is InChI=1S/C26H22F3N3O3/c27-26(28,29)18-3-1-2-16(12-18)25(34)31-19-6-4-15-5-7-20(14-17(15)13-19)35-22-10-11-30-24-21(22)8-9-23(33)32-24/h1-3,5,7,10-12,14,19H,4,6,8-9,13H2,(H,31,34)(H,30,32,33)/t19-/m1/s1. The van der Waals surface area contributed by atoms with Gasteiger partial charge in [-0.1, -0.05) is 12.1 Å². The second-order valence-corrected chi connectivity index (χ2v) is 8.71. The van der Waals surface area contributed by atoms with Gasteiger partial charge < -0.3 is 15.4 Å². The SMILES string of the molecule is O=C1CCc2c(Oc3ccc4c(c3)C[C@H](NC(=O)c3cccc(C(F)(F)F)c3)CC4)ccnc2N1. The number of alkyl halides is 3. The predicted octanol–water partition coefficient (Wildman–Crippen LogP) is 5.06. The van der Waals surface area contributed by atoms with E-state index in [1.165, 1.54) is 12.1 Å². The molecule has 0 spiro atoms. The van der Waals surface area contributed by atoms with E-state index < -0.39 is 17.6 Å². The third kappa shape index (κ3) is 4.99. The smallest absolute Gasteiger partial charge is 0.416 e. The van der Waals surface area contributed by atoms with Crippen LogP contribution in [0.5, 0.6) is 11.5 Å². The Balaban J connectivity index is 1.29. The van der Waals surface area contributed by atoms with Crippen molar-refractivity contribution in [2.45, 2.75) is 44.3 Å². The monoisotopic (exact) mass is 481 g/mol. The second-order valence-electron chi connectivity index (χ2n) is 8.71. The van der Waals surface area contributed by atoms with Gasteiger partial charge in [-0.05, 0) is 73.2 Å². The van der Waals surface area contributed by atoms with Crippen molar-refractivity contribution in [3.05, 3.63) is 82.5 Å². The highest BCUT2D eigenvalue weighted by atomic mass is 19.4. The number of carbonyl (C=O) groups excluding carboxylic acids is 2. The summed E-state index contributed by atoms with van der Waals surface area (Å²) in [5.41, 5.74) is 2.14. The van der Waals surface area contributed by atoms with Crippen molar-refractivity contribution in [3.8, 4) is 11.5 Å². The fourth-order valence-electron chi connectivity index (χ4n) is 4.51. The van der Waals surface area contributed by atoms with Gasteiger partial charge in [0.1, 0.15) is 17.3 Å². The largest absolute Gasteiger partial charge is 0.457 e. The summed E-state index contributed by atoms with van der Waals surface area (Å²) in [6.07, 6.45) is -0.0455. The van der Waals surface area contributed by atoms with Gasteiger partial charge in [0.25, 0.3) is 5.91 Å². The number of pyridine rings is 1. The zero-order valence-corrected chi connectivity index (χ0v) is 18.6. The molecule has 0 bridgehead atoms. The molecule has 2 aliphatic rings. The van der Waals surface area contributed by atoms with Crippen LogP contribution in [0.3, 0.4) is 0 Å². The van der Waals surface area contributed by atoms with Crippen LogP contribution in [0.1, 0.15) is 45.5 Å². The van der Waals surface area contributed by atoms with Gasteiger partial charge in [0.15, 0.2) is 0 Å². The highest BCUT2D eigenvalue weighted by molar-refractivity contribution is 5.94. The van der Waals surface area contributed by atoms with Crippen LogP contribution >= 0.6 is 0 Å². The molecule has 1 aromatic heterocycles. The van der Waals surface area contributed by atoms with Gasteiger partial charge in [0.2, 0.25) is 5.91 Å². The van der Waals surface area contributed by atoms with Crippen molar-refractivity contribution in [3.63, 3.8) is 0 Å². The molecule has 2 amide bonds. The first-order valence-corrected chi connectivity index (χ1v) is 11.3. The van der Waals surface area contributed by atoms with E-state index >= 15 is 0 Å². The molecule has 2 N–H and O–H groups in total. The first-order chi connectivity index (χ1) is 16.8. The van der Waals surface area contributed by atoms with Crippen molar-refractivity contribution < 1.29 is 27.5 Å². The van der Waals surface area contributed by atoms with E-state index in [4.69, 9.17) is 4.74 Å². The third-order valence-electron chi connectivity index (χ3n) is 6.29. The number of anilines is 1. The highest BCUT2D eigenvalue weighted by Gasteiger charge is 2.31. The molecule has 0 unspecified atom stereocenters. The van der Waals surface area contributed by atoms with Crippen LogP contribution in [0, 0.1) is 0 Å². The van der Waals surface area contributed by atoms with Crippen LogP contribution in [-0.4, -0.2) is 22.8 Å². The fourth-order valence-corrected chi connectivity index (χ4v) is 4.51. The number of carbonyl (C=O) groups is 2. The lowest BCUT2D eigenvalue weighted by atomic mass is 9.88. The molecule has 0 fully saturated rings. The number of hydrogen-bond acceptors (Lipinski definition) is 4. The maximum Gasteiger partial charge on any atom is 0.416 e. The molecule has 35 heavy (non-hydrogen) atoms. The molecule has 1 atom stereocenters. The average Bonchev–Trinajstić information content (AvgIpc) is 2.83. The zero-order valence-electron chi connectivity index (χ0n) is 18.6. The maximum atomic E-state index is 13.0. The number of nitrogens with zero attached hydrogens (tertiary/aromatic N) is 1. The van der Waals surface area contributed by atoms with Crippen LogP contribution in [0.2, 0.25) is 0 Å². The van der Waals surface area contributed by atoms with E-state index in [9.17, 15) is 22.8 Å². The van der Waals surface area contributed by atoms with Gasteiger partial charge in [-0.15, -0.1) is 0 Å². The topological polar surface area (TPSA) is 80.3 Å². The summed E-state index contributed by atoms with van der Waals surface area (Å²) in [5, 5.41) is 5.63. The molecule has 0 radical (unpaired) electrons. The average molecular weight is 481 g/mol. The Bertz CT molecular complexity index is 1310. The summed E-state index contributed by atoms with van der Waals surface area (Å²) in [7, 11) is 0. The number of amides is 2. The minimum atomic E-state index is -4.50. The van der Waals surface area contributed by atoms with Gasteiger partial charge in [-0.3, -0.25) is 9.59 Å². The summed E-state index contributed by atoms with van der Waals surface area (Å²) in [4.78, 5) is 28.5. The molecule has 6 nitrogen and oxygen atoms in total. The lowest BCUT2D eigenvalue weighted by Crippen LogP contribution is -2.38. The maximum absolute atomic E-state index is 13.0. The summed E-state index contributed by atoms with van der Waals surface area (Å²) >= 11 is 0. The first-order valence-electron chi connectivity index (χ1n) is 11.3. The molecule has 0 saturated carbocycles. The Hall–Kier alpha value is -3.88. The summed E-state index contributed by atoms with van der Waals surface area (Å²) < 4.78 is 45.1. The number of ether oxygens (including phenoxy) is 1. The minimum Gasteiger partial charge on any atom is -0.457 e. The number of aromatic nitrogens is 1. The predicted molar refractivity (Wildman–Crippen MR) is 122 cm³/mol. The normalized spacial score (nSPS) is 17.1. The van der Waals surface area contributed by atoms with E-state index in [0.717, 1.165) is 35.2 Å². The van der Waals surface area contributed by atoms with E-state index in [0.29, 0.717) is 43.0 Å². The number of halogens is 3. The molecule has 1 aliphatic heterocycles. The highest BCUT2D eigenvalue weighted by Crippen LogP contribution is 2.34. The quantitative estimate of drug-likeness (QED) is 0.546. The van der Waals surface area contributed by atoms with E-state index in [-0.39, 0.29) is 17.5 Å². The Labute approximate surface area is 199 Å². The summed E-state index contributed by atoms with van der Waals surface area (Å²) in [6, 6.07) is 11.8. The van der Waals surface area contributed by atoms with E-state index in [1.807, 2.05) is 18.2 Å². The Kier molecular flexibility index (Phi) is 5.92. The minimum absolute atomic E-state index is 0.0164. The van der Waals surface area contributed by atoms with Crippen LogP contribution < -0.4 is 15.4 Å². The van der Waals surface area contributed by atoms with Crippen LogP contribution in [0.4, 0.5) is 19.0 Å². The van der Waals surface area contributed by atoms with Crippen molar-refractivity contribution in [1.82, 2.24) is 10.3 Å². The number of hydrogen-bond donors (Lipinski definition) is 2. The lowest BCUT2D eigenvalue weighted by Gasteiger charge is -2.26. The lowest BCUT2D eigenvalue weighted by molar-refractivity contribution is -0.137. The molecular formula is C26H22F3N3O3. The van der Waals surface area contributed by atoms with Crippen molar-refractivity contribution in [2.24, 2.45) is 0 Å². The summed E-state index contributed by atoms with van der Waals surface area (Å²) in [6.45, 7) is 0. The van der Waals surface area contributed by atoms with E-state index in [1.54, 1.807) is 12.3 Å². The fraction of sp³-hybridized carbons (Fsp3) is 0.269. The molecule has 2 aromatic carbocycles. The van der Waals surface area contributed by atoms with Crippen LogP contribution in [0.15, 0.2) is 54.7 Å². The Morgan fingerprint density at radius 1 is 1.06 bits per heavy atom. The van der Waals surface area contributed by atoms with Crippen molar-refractivity contribution >= 4 is 17.6 Å². The number of aryl methyl sites for hydroxylation is 1. The zero-order chi connectivity index (χ0) is 24.6. The summed E-state index contributed by atoms with van der Waals surface area (Å²) in [5.74, 6) is 1.16. The molecule has 0 saturated heterocycles. The first kappa shape index (κ1) is 22.9. The molecular weight excluding hydrogens is 459 g/mol. The van der Waals surface area contributed by atoms with Gasteiger partial charge in [0, 0.05) is 29.8 Å². The molecule has 180 valence electrons. The number of rotatable bonds is 4. The molecule has 5 rings (SSSR count). The molecule has 9 heteroatoms. The Morgan fingerprint density at radius 3 is 2.74 bits per heavy atom. The van der Waals surface area contributed by atoms with Crippen molar-refractivity contribution in [2.75, 3.05) is 5.32 Å². The second kappa shape index (κ2) is 9.05. The van der Waals surface area contributed by atoms with Gasteiger partial charge >= 0.3 is 6.18 Å². The van der Waals surface area contributed by atoms with E-state index in [2.05, 4.69) is 15.6 Å².